The van der Waals surface area contributed by atoms with Crippen molar-refractivity contribution in [3.63, 3.8) is 0 Å². The number of aryl methyl sites for hydroxylation is 3. The van der Waals surface area contributed by atoms with Crippen molar-refractivity contribution in [2.45, 2.75) is 77.6 Å². The van der Waals surface area contributed by atoms with Gasteiger partial charge in [-0.1, -0.05) is 81.6 Å². The zero-order valence-electron chi connectivity index (χ0n) is 17.9. The number of rotatable bonds is 7. The number of halogens is 1. The Balaban J connectivity index is 1.55. The van der Waals surface area contributed by atoms with Crippen molar-refractivity contribution < 1.29 is 4.39 Å². The molecule has 0 N–H and O–H groups in total. The van der Waals surface area contributed by atoms with Crippen LogP contribution in [0.5, 0.6) is 0 Å². The number of unbranched alkanes of at least 4 members (excludes halogenated alkanes) is 2. The maximum atomic E-state index is 15.4. The van der Waals surface area contributed by atoms with Gasteiger partial charge in [-0.3, -0.25) is 0 Å². The Bertz CT molecular complexity index is 985. The predicted molar refractivity (Wildman–Crippen MR) is 122 cm³/mol. The standard InChI is InChI=1S/C28H33F/c1-3-5-6-8-21-9-11-23-19-25(13-12-22(23)17-21)27-16-14-24-18-20(7-4-2)10-15-26(24)28(27)29/h9-11,14-18,25H,3-8,12-13,19H2,1-2H3. The summed E-state index contributed by atoms with van der Waals surface area (Å²) in [5.41, 5.74) is 6.57. The zero-order valence-corrected chi connectivity index (χ0v) is 17.9. The first kappa shape index (κ1) is 20.1. The number of hydrogen-bond donors (Lipinski definition) is 0. The quantitative estimate of drug-likeness (QED) is 0.360. The summed E-state index contributed by atoms with van der Waals surface area (Å²) in [5.74, 6) is 0.281. The summed E-state index contributed by atoms with van der Waals surface area (Å²) in [6, 6.07) is 17.4. The van der Waals surface area contributed by atoms with Crippen molar-refractivity contribution in [3.05, 3.63) is 82.2 Å². The fraction of sp³-hybridized carbons (Fsp3) is 0.429. The molecule has 0 amide bonds. The minimum atomic E-state index is -0.00446. The monoisotopic (exact) mass is 388 g/mol. The lowest BCUT2D eigenvalue weighted by Crippen LogP contribution is -2.14. The van der Waals surface area contributed by atoms with E-state index in [1.807, 2.05) is 12.1 Å². The van der Waals surface area contributed by atoms with Crippen LogP contribution in [0.1, 0.15) is 79.7 Å². The zero-order chi connectivity index (χ0) is 20.2. The third-order valence-electron chi connectivity index (χ3n) is 6.59. The second kappa shape index (κ2) is 9.11. The molecule has 1 aliphatic rings. The summed E-state index contributed by atoms with van der Waals surface area (Å²) >= 11 is 0. The number of hydrogen-bond acceptors (Lipinski definition) is 0. The lowest BCUT2D eigenvalue weighted by Gasteiger charge is -2.26. The summed E-state index contributed by atoms with van der Waals surface area (Å²) in [4.78, 5) is 0. The SMILES string of the molecule is CCCCCc1ccc2c(c1)CCC(c1ccc3cc(CCC)ccc3c1F)C2. The summed E-state index contributed by atoms with van der Waals surface area (Å²) < 4.78 is 15.4. The van der Waals surface area contributed by atoms with Crippen LogP contribution in [0.4, 0.5) is 4.39 Å². The van der Waals surface area contributed by atoms with Crippen molar-refractivity contribution in [3.8, 4) is 0 Å². The van der Waals surface area contributed by atoms with E-state index in [1.165, 1.54) is 47.9 Å². The maximum Gasteiger partial charge on any atom is 0.134 e. The average Bonchev–Trinajstić information content (AvgIpc) is 2.74. The van der Waals surface area contributed by atoms with Crippen LogP contribution in [-0.4, -0.2) is 0 Å². The van der Waals surface area contributed by atoms with Gasteiger partial charge in [0.15, 0.2) is 0 Å². The van der Waals surface area contributed by atoms with Crippen molar-refractivity contribution in [2.24, 2.45) is 0 Å². The normalized spacial score (nSPS) is 16.2. The van der Waals surface area contributed by atoms with Crippen LogP contribution in [0.2, 0.25) is 0 Å². The highest BCUT2D eigenvalue weighted by molar-refractivity contribution is 5.84. The first-order chi connectivity index (χ1) is 14.2. The molecule has 0 aliphatic heterocycles. The Morgan fingerprint density at radius 1 is 0.828 bits per heavy atom. The molecule has 3 aromatic rings. The van der Waals surface area contributed by atoms with Gasteiger partial charge in [-0.2, -0.15) is 0 Å². The van der Waals surface area contributed by atoms with Gasteiger partial charge in [0.1, 0.15) is 5.82 Å². The highest BCUT2D eigenvalue weighted by Gasteiger charge is 2.23. The molecule has 0 radical (unpaired) electrons. The van der Waals surface area contributed by atoms with Gasteiger partial charge in [0, 0.05) is 5.39 Å². The van der Waals surface area contributed by atoms with Gasteiger partial charge in [0.2, 0.25) is 0 Å². The van der Waals surface area contributed by atoms with Crippen LogP contribution in [0.3, 0.4) is 0 Å². The first-order valence-electron chi connectivity index (χ1n) is 11.5. The Hall–Kier alpha value is -2.15. The van der Waals surface area contributed by atoms with Gasteiger partial charge in [-0.25, -0.2) is 4.39 Å². The van der Waals surface area contributed by atoms with Gasteiger partial charge in [-0.15, -0.1) is 0 Å². The summed E-state index contributed by atoms with van der Waals surface area (Å²) in [5, 5.41) is 1.81. The minimum absolute atomic E-state index is 0.00446. The second-order valence-corrected chi connectivity index (χ2v) is 8.77. The molecule has 1 unspecified atom stereocenters. The Morgan fingerprint density at radius 2 is 1.66 bits per heavy atom. The predicted octanol–water partition coefficient (Wildman–Crippen LogP) is 7.94. The van der Waals surface area contributed by atoms with E-state index in [1.54, 1.807) is 0 Å². The van der Waals surface area contributed by atoms with Gasteiger partial charge >= 0.3 is 0 Å². The van der Waals surface area contributed by atoms with Crippen molar-refractivity contribution in [2.75, 3.05) is 0 Å². The van der Waals surface area contributed by atoms with E-state index in [0.29, 0.717) is 0 Å². The molecule has 1 atom stereocenters. The molecule has 0 fully saturated rings. The molecule has 3 aromatic carbocycles. The Kier molecular flexibility index (Phi) is 6.33. The summed E-state index contributed by atoms with van der Waals surface area (Å²) in [6.07, 6.45) is 10.3. The fourth-order valence-corrected chi connectivity index (χ4v) is 4.93. The molecule has 0 saturated heterocycles. The third kappa shape index (κ3) is 4.39. The number of fused-ring (bicyclic) bond motifs is 2. The topological polar surface area (TPSA) is 0 Å². The fourth-order valence-electron chi connectivity index (χ4n) is 4.93. The number of benzene rings is 3. The molecule has 0 heterocycles. The van der Waals surface area contributed by atoms with E-state index in [2.05, 4.69) is 50.2 Å². The largest absolute Gasteiger partial charge is 0.206 e. The van der Waals surface area contributed by atoms with Gasteiger partial charge in [0.25, 0.3) is 0 Å². The molecule has 1 aliphatic carbocycles. The maximum absolute atomic E-state index is 15.4. The minimum Gasteiger partial charge on any atom is -0.206 e. The molecule has 0 saturated carbocycles. The van der Waals surface area contributed by atoms with Gasteiger partial charge in [-0.05, 0) is 77.6 Å². The van der Waals surface area contributed by atoms with Gasteiger partial charge < -0.3 is 0 Å². The average molecular weight is 389 g/mol. The molecular weight excluding hydrogens is 355 g/mol. The van der Waals surface area contributed by atoms with Crippen molar-refractivity contribution in [1.29, 1.82) is 0 Å². The Morgan fingerprint density at radius 3 is 2.48 bits per heavy atom. The molecule has 0 nitrogen and oxygen atoms in total. The molecule has 29 heavy (non-hydrogen) atoms. The van der Waals surface area contributed by atoms with Crippen LogP contribution in [0, 0.1) is 5.82 Å². The lowest BCUT2D eigenvalue weighted by atomic mass is 9.79. The Labute approximate surface area is 175 Å². The molecule has 0 bridgehead atoms. The van der Waals surface area contributed by atoms with E-state index in [0.717, 1.165) is 48.4 Å². The summed E-state index contributed by atoms with van der Waals surface area (Å²) in [7, 11) is 0. The van der Waals surface area contributed by atoms with E-state index in [-0.39, 0.29) is 11.7 Å². The highest BCUT2D eigenvalue weighted by atomic mass is 19.1. The molecule has 0 aromatic heterocycles. The van der Waals surface area contributed by atoms with Crippen LogP contribution in [-0.2, 0) is 25.7 Å². The third-order valence-corrected chi connectivity index (χ3v) is 6.59. The first-order valence-corrected chi connectivity index (χ1v) is 11.5. The van der Waals surface area contributed by atoms with Crippen molar-refractivity contribution >= 4 is 10.8 Å². The van der Waals surface area contributed by atoms with Crippen molar-refractivity contribution in [1.82, 2.24) is 0 Å². The van der Waals surface area contributed by atoms with Crippen LogP contribution in [0.15, 0.2) is 48.5 Å². The molecule has 4 rings (SSSR count). The van der Waals surface area contributed by atoms with E-state index in [4.69, 9.17) is 0 Å². The van der Waals surface area contributed by atoms with E-state index >= 15 is 4.39 Å². The highest BCUT2D eigenvalue weighted by Crippen LogP contribution is 2.36. The molecular formula is C28H33F. The van der Waals surface area contributed by atoms with Crippen LogP contribution >= 0.6 is 0 Å². The molecule has 0 spiro atoms. The van der Waals surface area contributed by atoms with E-state index < -0.39 is 0 Å². The van der Waals surface area contributed by atoms with Gasteiger partial charge in [0.05, 0.1) is 0 Å². The molecule has 152 valence electrons. The molecule has 1 heteroatoms. The van der Waals surface area contributed by atoms with E-state index in [9.17, 15) is 0 Å². The van der Waals surface area contributed by atoms with Crippen LogP contribution < -0.4 is 0 Å². The lowest BCUT2D eigenvalue weighted by molar-refractivity contribution is 0.539. The van der Waals surface area contributed by atoms with Crippen LogP contribution in [0.25, 0.3) is 10.8 Å². The summed E-state index contributed by atoms with van der Waals surface area (Å²) in [6.45, 7) is 4.44. The second-order valence-electron chi connectivity index (χ2n) is 8.77. The smallest absolute Gasteiger partial charge is 0.134 e.